The van der Waals surface area contributed by atoms with Crippen LogP contribution in [0.25, 0.3) is 0 Å². The second kappa shape index (κ2) is 5.78. The van der Waals surface area contributed by atoms with Crippen LogP contribution in [0.2, 0.25) is 0 Å². The van der Waals surface area contributed by atoms with E-state index in [-0.39, 0.29) is 11.6 Å². The van der Waals surface area contributed by atoms with Gasteiger partial charge in [-0.2, -0.15) is 5.26 Å². The quantitative estimate of drug-likeness (QED) is 0.897. The van der Waals surface area contributed by atoms with Gasteiger partial charge in [-0.3, -0.25) is 4.79 Å². The summed E-state index contributed by atoms with van der Waals surface area (Å²) < 4.78 is 3.89. The van der Waals surface area contributed by atoms with E-state index in [1.165, 1.54) is 0 Å². The fourth-order valence-corrected chi connectivity index (χ4v) is 4.43. The highest BCUT2D eigenvalue weighted by Crippen LogP contribution is 2.42. The van der Waals surface area contributed by atoms with Crippen LogP contribution >= 0.6 is 0 Å². The maximum atomic E-state index is 12.8. The first-order valence-corrected chi connectivity index (χ1v) is 9.50. The molecule has 3 aliphatic rings. The van der Waals surface area contributed by atoms with Gasteiger partial charge in [-0.1, -0.05) is 0 Å². The molecule has 0 unspecified atom stereocenters. The molecular weight excluding hydrogens is 328 g/mol. The molecule has 0 aliphatic heterocycles. The molecule has 5 rings (SSSR count). The maximum absolute atomic E-state index is 12.8. The number of nitriles is 1. The van der Waals surface area contributed by atoms with Crippen molar-refractivity contribution in [2.45, 2.75) is 69.5 Å². The SMILES string of the molecule is N#Cc1c2c(cn(Cc3nnc(C4CC(N)C4)n3C3CC3)c1=O)CCC2. The number of hydrogen-bond donors (Lipinski definition) is 1. The molecule has 7 nitrogen and oxygen atoms in total. The molecule has 0 bridgehead atoms. The minimum absolute atomic E-state index is 0.203. The van der Waals surface area contributed by atoms with Gasteiger partial charge in [0.25, 0.3) is 5.56 Å². The molecular formula is C19H22N6O. The monoisotopic (exact) mass is 350 g/mol. The predicted molar refractivity (Wildman–Crippen MR) is 94.8 cm³/mol. The van der Waals surface area contributed by atoms with Gasteiger partial charge in [0.1, 0.15) is 17.5 Å². The number of nitrogens with two attached hydrogens (primary N) is 1. The first-order chi connectivity index (χ1) is 12.7. The van der Waals surface area contributed by atoms with E-state index in [2.05, 4.69) is 20.8 Å². The fraction of sp³-hybridized carbons (Fsp3) is 0.579. The molecule has 2 aromatic heterocycles. The molecule has 7 heteroatoms. The van der Waals surface area contributed by atoms with Gasteiger partial charge >= 0.3 is 0 Å². The lowest BCUT2D eigenvalue weighted by atomic mass is 9.80. The molecule has 134 valence electrons. The van der Waals surface area contributed by atoms with Crippen molar-refractivity contribution in [3.05, 3.63) is 44.9 Å². The van der Waals surface area contributed by atoms with E-state index in [0.29, 0.717) is 24.1 Å². The summed E-state index contributed by atoms with van der Waals surface area (Å²) in [5.41, 5.74) is 8.13. The summed E-state index contributed by atoms with van der Waals surface area (Å²) in [6.45, 7) is 0.378. The standard InChI is InChI=1S/C19H22N6O/c20-8-16-15-3-1-2-11(15)9-24(19(16)26)10-17-22-23-18(12-6-13(21)7-12)25(17)14-4-5-14/h9,12-14H,1-7,10,21H2. The number of hydrogen-bond acceptors (Lipinski definition) is 5. The number of pyridine rings is 1. The Kier molecular flexibility index (Phi) is 3.50. The largest absolute Gasteiger partial charge is 0.328 e. The molecule has 2 heterocycles. The highest BCUT2D eigenvalue weighted by Gasteiger charge is 2.37. The van der Waals surface area contributed by atoms with Crippen LogP contribution < -0.4 is 11.3 Å². The molecule has 2 fully saturated rings. The third-order valence-electron chi connectivity index (χ3n) is 6.02. The summed E-state index contributed by atoms with van der Waals surface area (Å²) in [6, 6.07) is 2.85. The van der Waals surface area contributed by atoms with Crippen LogP contribution in [-0.2, 0) is 19.4 Å². The number of nitrogens with zero attached hydrogens (tertiary/aromatic N) is 5. The van der Waals surface area contributed by atoms with Crippen molar-refractivity contribution in [2.24, 2.45) is 5.73 Å². The first-order valence-electron chi connectivity index (χ1n) is 9.50. The summed E-state index contributed by atoms with van der Waals surface area (Å²) in [4.78, 5) is 12.8. The van der Waals surface area contributed by atoms with Gasteiger partial charge in [-0.05, 0) is 56.1 Å². The van der Waals surface area contributed by atoms with E-state index >= 15 is 0 Å². The molecule has 0 radical (unpaired) electrons. The van der Waals surface area contributed by atoms with Crippen molar-refractivity contribution in [1.29, 1.82) is 5.26 Å². The molecule has 0 saturated heterocycles. The Morgan fingerprint density at radius 2 is 2.08 bits per heavy atom. The van der Waals surface area contributed by atoms with Gasteiger partial charge in [-0.15, -0.1) is 10.2 Å². The number of rotatable bonds is 4. The van der Waals surface area contributed by atoms with Crippen LogP contribution in [0.15, 0.2) is 11.0 Å². The lowest BCUT2D eigenvalue weighted by molar-refractivity contribution is 0.327. The third kappa shape index (κ3) is 2.40. The molecule has 0 atom stereocenters. The zero-order valence-electron chi connectivity index (χ0n) is 14.7. The number of aryl methyl sites for hydroxylation is 1. The average Bonchev–Trinajstić information content (AvgIpc) is 3.19. The van der Waals surface area contributed by atoms with E-state index in [0.717, 1.165) is 67.7 Å². The van der Waals surface area contributed by atoms with Crippen molar-refractivity contribution < 1.29 is 0 Å². The Morgan fingerprint density at radius 1 is 1.27 bits per heavy atom. The fourth-order valence-electron chi connectivity index (χ4n) is 4.43. The molecule has 3 aliphatic carbocycles. The highest BCUT2D eigenvalue weighted by atomic mass is 16.1. The van der Waals surface area contributed by atoms with E-state index in [4.69, 9.17) is 5.73 Å². The lowest BCUT2D eigenvalue weighted by Crippen LogP contribution is -2.36. The van der Waals surface area contributed by atoms with Gasteiger partial charge in [0.15, 0.2) is 5.82 Å². The van der Waals surface area contributed by atoms with Crippen LogP contribution in [0.3, 0.4) is 0 Å². The Hall–Kier alpha value is -2.46. The molecule has 0 spiro atoms. The topological polar surface area (TPSA) is 103 Å². The van der Waals surface area contributed by atoms with Crippen LogP contribution in [0.1, 0.15) is 72.4 Å². The Balaban J connectivity index is 1.53. The van der Waals surface area contributed by atoms with Gasteiger partial charge in [0.05, 0.1) is 6.54 Å². The minimum Gasteiger partial charge on any atom is -0.328 e. The molecule has 2 N–H and O–H groups in total. The molecule has 2 saturated carbocycles. The maximum Gasteiger partial charge on any atom is 0.269 e. The summed E-state index contributed by atoms with van der Waals surface area (Å²) in [5.74, 6) is 2.24. The average molecular weight is 350 g/mol. The van der Waals surface area contributed by atoms with E-state index in [1.54, 1.807) is 4.57 Å². The number of fused-ring (bicyclic) bond motifs is 1. The van der Waals surface area contributed by atoms with Crippen LogP contribution in [0, 0.1) is 11.3 Å². The Bertz CT molecular complexity index is 971. The van der Waals surface area contributed by atoms with Crippen LogP contribution in [0.4, 0.5) is 0 Å². The van der Waals surface area contributed by atoms with Crippen LogP contribution in [-0.4, -0.2) is 25.4 Å². The number of aromatic nitrogens is 4. The summed E-state index contributed by atoms with van der Waals surface area (Å²) in [5, 5.41) is 18.3. The minimum atomic E-state index is -0.203. The zero-order chi connectivity index (χ0) is 17.8. The van der Waals surface area contributed by atoms with Crippen molar-refractivity contribution in [1.82, 2.24) is 19.3 Å². The second-order valence-electron chi connectivity index (χ2n) is 7.91. The summed E-state index contributed by atoms with van der Waals surface area (Å²) in [6.07, 6.45) is 8.90. The van der Waals surface area contributed by atoms with E-state index < -0.39 is 0 Å². The summed E-state index contributed by atoms with van der Waals surface area (Å²) in [7, 11) is 0. The lowest BCUT2D eigenvalue weighted by Gasteiger charge is -2.31. The molecule has 0 aromatic carbocycles. The summed E-state index contributed by atoms with van der Waals surface area (Å²) >= 11 is 0. The normalized spacial score (nSPS) is 24.2. The van der Waals surface area contributed by atoms with Crippen LogP contribution in [0.5, 0.6) is 0 Å². The smallest absolute Gasteiger partial charge is 0.269 e. The third-order valence-corrected chi connectivity index (χ3v) is 6.02. The van der Waals surface area contributed by atoms with Gasteiger partial charge in [-0.25, -0.2) is 0 Å². The van der Waals surface area contributed by atoms with Crippen molar-refractivity contribution in [2.75, 3.05) is 0 Å². The van der Waals surface area contributed by atoms with Gasteiger partial charge in [0, 0.05) is 24.2 Å². The molecule has 0 amide bonds. The predicted octanol–water partition coefficient (Wildman–Crippen LogP) is 1.39. The Morgan fingerprint density at radius 3 is 2.77 bits per heavy atom. The van der Waals surface area contributed by atoms with E-state index in [9.17, 15) is 10.1 Å². The molecule has 2 aromatic rings. The van der Waals surface area contributed by atoms with Crippen molar-refractivity contribution in [3.8, 4) is 6.07 Å². The van der Waals surface area contributed by atoms with Crippen molar-refractivity contribution >= 4 is 0 Å². The second-order valence-corrected chi connectivity index (χ2v) is 7.91. The highest BCUT2D eigenvalue weighted by molar-refractivity contribution is 5.43. The van der Waals surface area contributed by atoms with Gasteiger partial charge < -0.3 is 14.9 Å². The van der Waals surface area contributed by atoms with E-state index in [1.807, 2.05) is 6.20 Å². The Labute approximate surface area is 151 Å². The van der Waals surface area contributed by atoms with Crippen molar-refractivity contribution in [3.63, 3.8) is 0 Å². The van der Waals surface area contributed by atoms with Gasteiger partial charge in [0.2, 0.25) is 0 Å². The molecule has 26 heavy (non-hydrogen) atoms. The first kappa shape index (κ1) is 15.8. The zero-order valence-corrected chi connectivity index (χ0v) is 14.7.